The molecule has 0 spiro atoms. The highest BCUT2D eigenvalue weighted by atomic mass is 15.1. The van der Waals surface area contributed by atoms with Crippen LogP contribution in [0, 0.1) is 0 Å². The summed E-state index contributed by atoms with van der Waals surface area (Å²) in [6.07, 6.45) is 6.86. The molecule has 0 saturated heterocycles. The molecule has 1 heterocycles. The van der Waals surface area contributed by atoms with Crippen molar-refractivity contribution in [3.05, 3.63) is 18.7 Å². The van der Waals surface area contributed by atoms with Crippen molar-refractivity contribution in [3.63, 3.8) is 0 Å². The molecule has 68 valence electrons. The van der Waals surface area contributed by atoms with Crippen molar-refractivity contribution in [3.8, 4) is 0 Å². The van der Waals surface area contributed by atoms with E-state index in [1.54, 1.807) is 0 Å². The van der Waals surface area contributed by atoms with Gasteiger partial charge in [-0.3, -0.25) is 0 Å². The molecule has 1 aromatic heterocycles. The SMILES string of the molecule is CCCNCC(C)n1ccnc1. The average Bonchev–Trinajstić information content (AvgIpc) is 2.56. The fourth-order valence-electron chi connectivity index (χ4n) is 1.12. The maximum Gasteiger partial charge on any atom is 0.0948 e. The second kappa shape index (κ2) is 4.93. The molecule has 0 aliphatic heterocycles. The Kier molecular flexibility index (Phi) is 3.80. The van der Waals surface area contributed by atoms with Gasteiger partial charge in [0.2, 0.25) is 0 Å². The van der Waals surface area contributed by atoms with E-state index < -0.39 is 0 Å². The van der Waals surface area contributed by atoms with E-state index >= 15 is 0 Å². The van der Waals surface area contributed by atoms with Crippen LogP contribution in [0.25, 0.3) is 0 Å². The molecule has 0 saturated carbocycles. The Morgan fingerprint density at radius 1 is 1.58 bits per heavy atom. The van der Waals surface area contributed by atoms with E-state index in [9.17, 15) is 0 Å². The molecule has 0 bridgehead atoms. The molecular formula is C9H17N3. The summed E-state index contributed by atoms with van der Waals surface area (Å²) in [4.78, 5) is 4.01. The van der Waals surface area contributed by atoms with Gasteiger partial charge < -0.3 is 9.88 Å². The monoisotopic (exact) mass is 167 g/mol. The number of hydrogen-bond donors (Lipinski definition) is 1. The van der Waals surface area contributed by atoms with Crippen LogP contribution in [-0.2, 0) is 0 Å². The summed E-state index contributed by atoms with van der Waals surface area (Å²) >= 11 is 0. The second-order valence-electron chi connectivity index (χ2n) is 3.06. The third-order valence-corrected chi connectivity index (χ3v) is 1.90. The van der Waals surface area contributed by atoms with Gasteiger partial charge in [0.25, 0.3) is 0 Å². The molecule has 0 amide bonds. The van der Waals surface area contributed by atoms with E-state index in [2.05, 4.69) is 28.7 Å². The molecule has 3 nitrogen and oxygen atoms in total. The van der Waals surface area contributed by atoms with Crippen molar-refractivity contribution in [1.29, 1.82) is 0 Å². The zero-order valence-electron chi connectivity index (χ0n) is 7.83. The van der Waals surface area contributed by atoms with E-state index in [1.165, 1.54) is 6.42 Å². The lowest BCUT2D eigenvalue weighted by Gasteiger charge is -2.13. The predicted octanol–water partition coefficient (Wildman–Crippen LogP) is 1.44. The molecule has 3 heteroatoms. The molecule has 1 N–H and O–H groups in total. The Bertz CT molecular complexity index is 194. The number of hydrogen-bond acceptors (Lipinski definition) is 2. The summed E-state index contributed by atoms with van der Waals surface area (Å²) < 4.78 is 2.11. The van der Waals surface area contributed by atoms with Crippen molar-refractivity contribution in [1.82, 2.24) is 14.9 Å². The third-order valence-electron chi connectivity index (χ3n) is 1.90. The lowest BCUT2D eigenvalue weighted by Crippen LogP contribution is -2.23. The first kappa shape index (κ1) is 9.26. The zero-order chi connectivity index (χ0) is 8.81. The zero-order valence-corrected chi connectivity index (χ0v) is 7.83. The Hall–Kier alpha value is -0.830. The van der Waals surface area contributed by atoms with Gasteiger partial charge in [0.05, 0.1) is 6.33 Å². The van der Waals surface area contributed by atoms with Crippen LogP contribution in [-0.4, -0.2) is 22.6 Å². The topological polar surface area (TPSA) is 29.9 Å². The molecule has 0 radical (unpaired) electrons. The normalized spacial score (nSPS) is 13.2. The van der Waals surface area contributed by atoms with Gasteiger partial charge in [-0.05, 0) is 19.9 Å². The van der Waals surface area contributed by atoms with E-state index in [1.807, 2.05) is 18.7 Å². The molecule has 1 unspecified atom stereocenters. The van der Waals surface area contributed by atoms with Crippen LogP contribution in [0.15, 0.2) is 18.7 Å². The number of aromatic nitrogens is 2. The van der Waals surface area contributed by atoms with E-state index in [4.69, 9.17) is 0 Å². The molecule has 0 aromatic carbocycles. The van der Waals surface area contributed by atoms with Crippen LogP contribution in [0.2, 0.25) is 0 Å². The molecule has 1 rings (SSSR count). The van der Waals surface area contributed by atoms with Gasteiger partial charge in [-0.1, -0.05) is 6.92 Å². The third kappa shape index (κ3) is 2.66. The van der Waals surface area contributed by atoms with Gasteiger partial charge in [0.1, 0.15) is 0 Å². The first-order valence-corrected chi connectivity index (χ1v) is 4.52. The Morgan fingerprint density at radius 2 is 2.42 bits per heavy atom. The van der Waals surface area contributed by atoms with E-state index in [-0.39, 0.29) is 0 Å². The summed E-state index contributed by atoms with van der Waals surface area (Å²) in [5.41, 5.74) is 0. The minimum absolute atomic E-state index is 0.499. The fourth-order valence-corrected chi connectivity index (χ4v) is 1.12. The van der Waals surface area contributed by atoms with Gasteiger partial charge in [0.15, 0.2) is 0 Å². The second-order valence-corrected chi connectivity index (χ2v) is 3.06. The van der Waals surface area contributed by atoms with Gasteiger partial charge in [-0.2, -0.15) is 0 Å². The standard InChI is InChI=1S/C9H17N3/c1-3-4-10-7-9(2)12-6-5-11-8-12/h5-6,8-10H,3-4,7H2,1-2H3. The summed E-state index contributed by atoms with van der Waals surface area (Å²) in [6.45, 7) is 6.47. The van der Waals surface area contributed by atoms with Crippen LogP contribution < -0.4 is 5.32 Å². The van der Waals surface area contributed by atoms with Crippen LogP contribution in [0.1, 0.15) is 26.3 Å². The molecular weight excluding hydrogens is 150 g/mol. The van der Waals surface area contributed by atoms with Gasteiger partial charge in [0, 0.05) is 25.0 Å². The number of imidazole rings is 1. The van der Waals surface area contributed by atoms with Crippen LogP contribution in [0.4, 0.5) is 0 Å². The van der Waals surface area contributed by atoms with Crippen molar-refractivity contribution < 1.29 is 0 Å². The highest BCUT2D eigenvalue weighted by Crippen LogP contribution is 2.01. The Balaban J connectivity index is 2.25. The minimum atomic E-state index is 0.499. The molecule has 0 fully saturated rings. The number of rotatable bonds is 5. The van der Waals surface area contributed by atoms with Gasteiger partial charge in [-0.15, -0.1) is 0 Å². The van der Waals surface area contributed by atoms with E-state index in [0.717, 1.165) is 13.1 Å². The lowest BCUT2D eigenvalue weighted by atomic mass is 10.3. The summed E-state index contributed by atoms with van der Waals surface area (Å²) in [7, 11) is 0. The van der Waals surface area contributed by atoms with Crippen LogP contribution >= 0.6 is 0 Å². The fraction of sp³-hybridized carbons (Fsp3) is 0.667. The molecule has 0 aliphatic rings. The summed E-state index contributed by atoms with van der Waals surface area (Å²) in [5, 5.41) is 3.37. The van der Waals surface area contributed by atoms with Crippen molar-refractivity contribution in [2.75, 3.05) is 13.1 Å². The summed E-state index contributed by atoms with van der Waals surface area (Å²) in [6, 6.07) is 0.499. The van der Waals surface area contributed by atoms with Crippen molar-refractivity contribution in [2.24, 2.45) is 0 Å². The average molecular weight is 167 g/mol. The van der Waals surface area contributed by atoms with Crippen molar-refractivity contribution >= 4 is 0 Å². The minimum Gasteiger partial charge on any atom is -0.333 e. The predicted molar refractivity (Wildman–Crippen MR) is 50.1 cm³/mol. The highest BCUT2D eigenvalue weighted by molar-refractivity contribution is 4.79. The van der Waals surface area contributed by atoms with Crippen molar-refractivity contribution in [2.45, 2.75) is 26.3 Å². The van der Waals surface area contributed by atoms with Crippen LogP contribution in [0.3, 0.4) is 0 Å². The van der Waals surface area contributed by atoms with Crippen LogP contribution in [0.5, 0.6) is 0 Å². The first-order chi connectivity index (χ1) is 5.84. The molecule has 12 heavy (non-hydrogen) atoms. The largest absolute Gasteiger partial charge is 0.333 e. The number of nitrogens with zero attached hydrogens (tertiary/aromatic N) is 2. The molecule has 1 aromatic rings. The highest BCUT2D eigenvalue weighted by Gasteiger charge is 2.00. The molecule has 0 aliphatic carbocycles. The van der Waals surface area contributed by atoms with Gasteiger partial charge >= 0.3 is 0 Å². The van der Waals surface area contributed by atoms with Gasteiger partial charge in [-0.25, -0.2) is 4.98 Å². The Morgan fingerprint density at radius 3 is 3.00 bits per heavy atom. The lowest BCUT2D eigenvalue weighted by molar-refractivity contribution is 0.493. The smallest absolute Gasteiger partial charge is 0.0948 e. The Labute approximate surface area is 73.8 Å². The maximum atomic E-state index is 4.01. The first-order valence-electron chi connectivity index (χ1n) is 4.52. The quantitative estimate of drug-likeness (QED) is 0.672. The van der Waals surface area contributed by atoms with E-state index in [0.29, 0.717) is 6.04 Å². The number of nitrogens with one attached hydrogen (secondary N) is 1. The summed E-state index contributed by atoms with van der Waals surface area (Å²) in [5.74, 6) is 0. The molecule has 1 atom stereocenters. The maximum absolute atomic E-state index is 4.01.